The summed E-state index contributed by atoms with van der Waals surface area (Å²) >= 11 is 6.03. The summed E-state index contributed by atoms with van der Waals surface area (Å²) in [5.74, 6) is -1.06. The summed E-state index contributed by atoms with van der Waals surface area (Å²) in [5.41, 5.74) is 0.489. The first-order chi connectivity index (χ1) is 14.7. The van der Waals surface area contributed by atoms with Gasteiger partial charge in [-0.1, -0.05) is 23.7 Å². The highest BCUT2D eigenvalue weighted by Crippen LogP contribution is 2.22. The van der Waals surface area contributed by atoms with Crippen molar-refractivity contribution in [2.75, 3.05) is 44.6 Å². The second-order valence-corrected chi connectivity index (χ2v) is 7.26. The molecule has 1 aliphatic rings. The summed E-state index contributed by atoms with van der Waals surface area (Å²) in [6.07, 6.45) is -3.27. The van der Waals surface area contributed by atoms with Crippen LogP contribution in [0.1, 0.15) is 10.4 Å². The maximum Gasteiger partial charge on any atom is 0.422 e. The van der Waals surface area contributed by atoms with E-state index < -0.39 is 18.7 Å². The van der Waals surface area contributed by atoms with Crippen LogP contribution in [-0.2, 0) is 4.79 Å². The Bertz CT molecular complexity index is 934. The molecule has 166 valence electrons. The molecule has 3 rings (SSSR count). The number of nitrogens with zero attached hydrogens (tertiary/aromatic N) is 3. The highest BCUT2D eigenvalue weighted by Gasteiger charge is 2.31. The number of amides is 2. The van der Waals surface area contributed by atoms with Crippen molar-refractivity contribution in [2.45, 2.75) is 6.18 Å². The van der Waals surface area contributed by atoms with Crippen LogP contribution >= 0.6 is 11.6 Å². The van der Waals surface area contributed by atoms with E-state index >= 15 is 0 Å². The Morgan fingerprint density at radius 3 is 2.48 bits per heavy atom. The Morgan fingerprint density at radius 2 is 1.81 bits per heavy atom. The minimum Gasteiger partial charge on any atom is -0.467 e. The number of halogens is 4. The molecule has 0 spiro atoms. The molecule has 2 heterocycles. The fourth-order valence-corrected chi connectivity index (χ4v) is 3.24. The summed E-state index contributed by atoms with van der Waals surface area (Å²) < 4.78 is 42.0. The third kappa shape index (κ3) is 6.56. The zero-order valence-corrected chi connectivity index (χ0v) is 17.1. The van der Waals surface area contributed by atoms with E-state index in [1.165, 1.54) is 23.2 Å². The van der Waals surface area contributed by atoms with Gasteiger partial charge in [-0.3, -0.25) is 14.5 Å². The van der Waals surface area contributed by atoms with Crippen LogP contribution in [0.25, 0.3) is 0 Å². The number of nitrogens with one attached hydrogen (secondary N) is 1. The SMILES string of the molecule is O=C(CN1CCN(C(=O)c2cccnc2OCC(F)(F)F)CC1)Nc1ccccc1Cl. The number of pyridine rings is 1. The van der Waals surface area contributed by atoms with Crippen molar-refractivity contribution in [3.63, 3.8) is 0 Å². The highest BCUT2D eigenvalue weighted by molar-refractivity contribution is 6.33. The molecule has 0 saturated carbocycles. The van der Waals surface area contributed by atoms with E-state index in [4.69, 9.17) is 16.3 Å². The molecule has 1 aromatic carbocycles. The van der Waals surface area contributed by atoms with Crippen molar-refractivity contribution in [1.29, 1.82) is 0 Å². The average molecular weight is 457 g/mol. The molecule has 0 aliphatic carbocycles. The van der Waals surface area contributed by atoms with E-state index in [0.29, 0.717) is 36.9 Å². The number of para-hydroxylation sites is 1. The third-order valence-corrected chi connectivity index (χ3v) is 4.88. The lowest BCUT2D eigenvalue weighted by Crippen LogP contribution is -2.50. The van der Waals surface area contributed by atoms with Crippen LogP contribution < -0.4 is 10.1 Å². The number of carbonyl (C=O) groups is 2. The van der Waals surface area contributed by atoms with Crippen molar-refractivity contribution < 1.29 is 27.5 Å². The number of hydrogen-bond acceptors (Lipinski definition) is 5. The second kappa shape index (κ2) is 9.97. The molecule has 0 atom stereocenters. The van der Waals surface area contributed by atoms with Crippen molar-refractivity contribution >= 4 is 29.1 Å². The molecule has 2 aromatic rings. The largest absolute Gasteiger partial charge is 0.467 e. The molecule has 1 aromatic heterocycles. The molecule has 1 fully saturated rings. The first-order valence-corrected chi connectivity index (χ1v) is 9.81. The summed E-state index contributed by atoms with van der Waals surface area (Å²) in [7, 11) is 0. The van der Waals surface area contributed by atoms with Gasteiger partial charge in [0.15, 0.2) is 6.61 Å². The molecule has 1 saturated heterocycles. The summed E-state index contributed by atoms with van der Waals surface area (Å²) in [4.78, 5) is 32.2. The van der Waals surface area contributed by atoms with Gasteiger partial charge in [0.1, 0.15) is 5.56 Å². The van der Waals surface area contributed by atoms with Gasteiger partial charge in [0.05, 0.1) is 17.3 Å². The van der Waals surface area contributed by atoms with Gasteiger partial charge < -0.3 is 15.0 Å². The molecule has 0 radical (unpaired) electrons. The summed E-state index contributed by atoms with van der Waals surface area (Å²) in [6, 6.07) is 9.73. The van der Waals surface area contributed by atoms with Gasteiger partial charge in [0.25, 0.3) is 5.91 Å². The van der Waals surface area contributed by atoms with Crippen LogP contribution in [0.3, 0.4) is 0 Å². The Labute approximate surface area is 181 Å². The van der Waals surface area contributed by atoms with E-state index in [9.17, 15) is 22.8 Å². The lowest BCUT2D eigenvalue weighted by Gasteiger charge is -2.34. The van der Waals surface area contributed by atoms with Crippen LogP contribution in [0.2, 0.25) is 5.02 Å². The highest BCUT2D eigenvalue weighted by atomic mass is 35.5. The zero-order valence-electron chi connectivity index (χ0n) is 16.4. The fourth-order valence-electron chi connectivity index (χ4n) is 3.05. The number of piperazine rings is 1. The predicted octanol–water partition coefficient (Wildman–Crippen LogP) is 3.07. The minimum absolute atomic E-state index is 0.0309. The predicted molar refractivity (Wildman–Crippen MR) is 108 cm³/mol. The number of hydrogen-bond donors (Lipinski definition) is 1. The maximum atomic E-state index is 12.8. The molecule has 31 heavy (non-hydrogen) atoms. The molecule has 0 bridgehead atoms. The van der Waals surface area contributed by atoms with Gasteiger partial charge in [0.2, 0.25) is 11.8 Å². The van der Waals surface area contributed by atoms with E-state index in [2.05, 4.69) is 10.3 Å². The molecular formula is C20H20ClF3N4O3. The number of benzene rings is 1. The summed E-state index contributed by atoms with van der Waals surface area (Å²) in [6.45, 7) is 0.0810. The van der Waals surface area contributed by atoms with Gasteiger partial charge in [-0.15, -0.1) is 0 Å². The van der Waals surface area contributed by atoms with Gasteiger partial charge in [-0.25, -0.2) is 4.98 Å². The first kappa shape index (κ1) is 22.8. The number of carbonyl (C=O) groups excluding carboxylic acids is 2. The molecular weight excluding hydrogens is 437 g/mol. The monoisotopic (exact) mass is 456 g/mol. The quantitative estimate of drug-likeness (QED) is 0.723. The number of ether oxygens (including phenoxy) is 1. The van der Waals surface area contributed by atoms with Crippen LogP contribution in [0.5, 0.6) is 5.88 Å². The second-order valence-electron chi connectivity index (χ2n) is 6.86. The number of aromatic nitrogens is 1. The topological polar surface area (TPSA) is 74.8 Å². The fraction of sp³-hybridized carbons (Fsp3) is 0.350. The van der Waals surface area contributed by atoms with E-state index in [-0.39, 0.29) is 23.9 Å². The van der Waals surface area contributed by atoms with E-state index in [1.54, 1.807) is 24.3 Å². The van der Waals surface area contributed by atoms with Gasteiger partial charge >= 0.3 is 6.18 Å². The van der Waals surface area contributed by atoms with E-state index in [1.807, 2.05) is 4.90 Å². The van der Waals surface area contributed by atoms with E-state index in [0.717, 1.165) is 0 Å². The number of anilines is 1. The van der Waals surface area contributed by atoms with Crippen molar-refractivity contribution in [2.24, 2.45) is 0 Å². The van der Waals surface area contributed by atoms with Crippen molar-refractivity contribution in [3.05, 3.63) is 53.2 Å². The normalized spacial score (nSPS) is 14.9. The van der Waals surface area contributed by atoms with Crippen LogP contribution in [0.15, 0.2) is 42.6 Å². The lowest BCUT2D eigenvalue weighted by atomic mass is 10.2. The third-order valence-electron chi connectivity index (χ3n) is 4.55. The molecule has 11 heteroatoms. The lowest BCUT2D eigenvalue weighted by molar-refractivity contribution is -0.154. The maximum absolute atomic E-state index is 12.8. The molecule has 2 amide bonds. The van der Waals surface area contributed by atoms with Gasteiger partial charge in [-0.05, 0) is 24.3 Å². The average Bonchev–Trinajstić information content (AvgIpc) is 2.74. The van der Waals surface area contributed by atoms with Crippen molar-refractivity contribution in [1.82, 2.24) is 14.8 Å². The Hall–Kier alpha value is -2.85. The standard InChI is InChI=1S/C20H20ClF3N4O3/c21-15-5-1-2-6-16(15)26-17(29)12-27-8-10-28(11-9-27)19(30)14-4-3-7-25-18(14)31-13-20(22,23)24/h1-7H,8-13H2,(H,26,29). The van der Waals surface area contributed by atoms with Crippen LogP contribution in [0.4, 0.5) is 18.9 Å². The van der Waals surface area contributed by atoms with Crippen molar-refractivity contribution in [3.8, 4) is 5.88 Å². The first-order valence-electron chi connectivity index (χ1n) is 9.43. The molecule has 1 aliphatic heterocycles. The summed E-state index contributed by atoms with van der Waals surface area (Å²) in [5, 5.41) is 3.18. The number of rotatable bonds is 6. The number of alkyl halides is 3. The van der Waals surface area contributed by atoms with Crippen LogP contribution in [0, 0.1) is 0 Å². The minimum atomic E-state index is -4.53. The molecule has 0 unspecified atom stereocenters. The van der Waals surface area contributed by atoms with Crippen LogP contribution in [-0.4, -0.2) is 72.1 Å². The van der Waals surface area contributed by atoms with Gasteiger partial charge in [0, 0.05) is 32.4 Å². The molecule has 7 nitrogen and oxygen atoms in total. The Morgan fingerprint density at radius 1 is 1.10 bits per heavy atom. The Balaban J connectivity index is 1.53. The zero-order chi connectivity index (χ0) is 22.4. The smallest absolute Gasteiger partial charge is 0.422 e. The molecule has 1 N–H and O–H groups in total. The van der Waals surface area contributed by atoms with Gasteiger partial charge in [-0.2, -0.15) is 13.2 Å². The Kier molecular flexibility index (Phi) is 7.34.